The smallest absolute Gasteiger partial charge is 0.252 e. The van der Waals surface area contributed by atoms with Crippen LogP contribution in [0.4, 0.5) is 28.4 Å². The van der Waals surface area contributed by atoms with E-state index < -0.39 is 0 Å². The van der Waals surface area contributed by atoms with Crippen LogP contribution in [0.2, 0.25) is 0 Å². The van der Waals surface area contributed by atoms with Crippen LogP contribution in [0, 0.1) is 0 Å². The quantitative estimate of drug-likeness (QED) is 0.160. The van der Waals surface area contributed by atoms with Crippen LogP contribution in [0.3, 0.4) is 0 Å². The zero-order chi connectivity index (χ0) is 49.9. The van der Waals surface area contributed by atoms with Gasteiger partial charge in [0.25, 0.3) is 6.71 Å². The maximum atomic E-state index is 2.82. The number of fused-ring (bicyclic) bond motifs is 13. The Kier molecular flexibility index (Phi) is 9.17. The summed E-state index contributed by atoms with van der Waals surface area (Å²) >= 11 is 1.97. The predicted molar refractivity (Wildman–Crippen MR) is 310 cm³/mol. The molecule has 8 aromatic rings. The summed E-state index contributed by atoms with van der Waals surface area (Å²) in [6.45, 7) is 36.7. The molecule has 5 aliphatic rings. The third kappa shape index (κ3) is 6.14. The molecule has 0 saturated heterocycles. The van der Waals surface area contributed by atoms with E-state index in [0.29, 0.717) is 0 Å². The lowest BCUT2D eigenvalue weighted by molar-refractivity contribution is 0.195. The molecule has 6 aromatic carbocycles. The minimum atomic E-state index is -0.0934. The Morgan fingerprint density at radius 3 is 1.90 bits per heavy atom. The molecule has 2 aromatic heterocycles. The first kappa shape index (κ1) is 45.6. The van der Waals surface area contributed by atoms with Gasteiger partial charge in [-0.3, -0.25) is 0 Å². The Balaban J connectivity index is 1.16. The topological polar surface area (TPSA) is 11.4 Å². The Hall–Kier alpha value is -5.26. The summed E-state index contributed by atoms with van der Waals surface area (Å²) in [6, 6.07) is 42.4. The van der Waals surface area contributed by atoms with E-state index in [2.05, 4.69) is 221 Å². The van der Waals surface area contributed by atoms with Gasteiger partial charge in [0.15, 0.2) is 0 Å². The van der Waals surface area contributed by atoms with Crippen LogP contribution in [0.1, 0.15) is 176 Å². The average molecular weight is 952 g/mol. The maximum absolute atomic E-state index is 2.82. The van der Waals surface area contributed by atoms with Gasteiger partial charge in [0, 0.05) is 60.4 Å². The fourth-order valence-corrected chi connectivity index (χ4v) is 15.8. The summed E-state index contributed by atoms with van der Waals surface area (Å²) in [6.07, 6.45) is 7.28. The summed E-state index contributed by atoms with van der Waals surface area (Å²) in [4.78, 5) is 6.92. The van der Waals surface area contributed by atoms with Crippen LogP contribution in [0.25, 0.3) is 36.9 Å². The first-order chi connectivity index (χ1) is 33.3. The van der Waals surface area contributed by atoms with Crippen LogP contribution >= 0.6 is 11.3 Å². The standard InChI is InChI=1S/C66H74BN3S/c1-60(2,3)39-22-27-51-48(33-39)65(14)28-18-19-29-66(65,15)70(51)43-24-26-49-52(38-43)68(42-23-25-46-47(37-42)64(12,13)31-30-63(46,10)11)53-35-41(62(7,8)9)36-54-57(53)67(49)50-34-40(61(4,5)6)32-45-56-44-20-16-17-21-55(44)71-59(56)69(54)58(45)50/h16-17,20-27,32-38H,18-19,28-31H2,1-15H3. The first-order valence-corrected chi connectivity index (χ1v) is 27.9. The molecule has 0 amide bonds. The van der Waals surface area contributed by atoms with E-state index in [9.17, 15) is 0 Å². The zero-order valence-corrected chi connectivity index (χ0v) is 46.2. The van der Waals surface area contributed by atoms with Crippen LogP contribution in [0.5, 0.6) is 0 Å². The minimum absolute atomic E-state index is 0.0300. The number of hydrogen-bond acceptors (Lipinski definition) is 3. The highest BCUT2D eigenvalue weighted by Gasteiger charge is 2.58. The van der Waals surface area contributed by atoms with Crippen molar-refractivity contribution >= 4 is 94.1 Å². The maximum Gasteiger partial charge on any atom is 0.252 e. The zero-order valence-electron chi connectivity index (χ0n) is 45.4. The number of rotatable bonds is 2. The molecule has 5 heterocycles. The van der Waals surface area contributed by atoms with Crippen LogP contribution < -0.4 is 26.2 Å². The van der Waals surface area contributed by atoms with Crippen molar-refractivity contribution in [2.75, 3.05) is 9.80 Å². The number of anilines is 5. The molecule has 0 spiro atoms. The van der Waals surface area contributed by atoms with Crippen molar-refractivity contribution in [3.63, 3.8) is 0 Å². The minimum Gasteiger partial charge on any atom is -0.334 e. The van der Waals surface area contributed by atoms with Crippen LogP contribution in [-0.2, 0) is 32.5 Å². The molecule has 362 valence electrons. The molecule has 3 nitrogen and oxygen atoms in total. The lowest BCUT2D eigenvalue weighted by Crippen LogP contribution is -2.61. The fraction of sp³-hybridized carbons (Fsp3) is 0.424. The van der Waals surface area contributed by atoms with Gasteiger partial charge < -0.3 is 14.4 Å². The van der Waals surface area contributed by atoms with E-state index in [1.54, 1.807) is 0 Å². The third-order valence-electron chi connectivity index (χ3n) is 19.3. The van der Waals surface area contributed by atoms with Crippen molar-refractivity contribution in [2.24, 2.45) is 0 Å². The van der Waals surface area contributed by atoms with Crippen LogP contribution in [-0.4, -0.2) is 16.8 Å². The van der Waals surface area contributed by atoms with E-state index in [1.165, 1.54) is 154 Å². The lowest BCUT2D eigenvalue weighted by atomic mass is 9.33. The van der Waals surface area contributed by atoms with Gasteiger partial charge in [0.05, 0.1) is 11.1 Å². The molecule has 1 fully saturated rings. The normalized spacial score (nSPS) is 21.9. The number of hydrogen-bond donors (Lipinski definition) is 0. The summed E-state index contributed by atoms with van der Waals surface area (Å²) in [5.41, 5.74) is 22.4. The number of nitrogens with zero attached hydrogens (tertiary/aromatic N) is 3. The number of benzene rings is 6. The van der Waals surface area contributed by atoms with Crippen LogP contribution in [0.15, 0.2) is 103 Å². The molecule has 71 heavy (non-hydrogen) atoms. The second-order valence-corrected chi connectivity index (χ2v) is 28.7. The van der Waals surface area contributed by atoms with E-state index in [1.807, 2.05) is 11.3 Å². The van der Waals surface area contributed by atoms with E-state index >= 15 is 0 Å². The second-order valence-electron chi connectivity index (χ2n) is 27.6. The largest absolute Gasteiger partial charge is 0.334 e. The highest BCUT2D eigenvalue weighted by Crippen LogP contribution is 2.62. The average Bonchev–Trinajstić information content (AvgIpc) is 3.91. The van der Waals surface area contributed by atoms with Gasteiger partial charge in [-0.2, -0.15) is 0 Å². The van der Waals surface area contributed by atoms with Gasteiger partial charge in [-0.1, -0.05) is 158 Å². The van der Waals surface area contributed by atoms with Gasteiger partial charge in [-0.25, -0.2) is 0 Å². The third-order valence-corrected chi connectivity index (χ3v) is 20.4. The van der Waals surface area contributed by atoms with Gasteiger partial charge in [-0.05, 0) is 164 Å². The molecule has 2 atom stereocenters. The molecular weight excluding hydrogens is 878 g/mol. The second kappa shape index (κ2) is 14.3. The van der Waals surface area contributed by atoms with Crippen molar-refractivity contribution in [2.45, 2.75) is 180 Å². The lowest BCUT2D eigenvalue weighted by Gasteiger charge is -2.50. The molecule has 0 radical (unpaired) electrons. The molecule has 2 unspecified atom stereocenters. The van der Waals surface area contributed by atoms with Crippen molar-refractivity contribution < 1.29 is 0 Å². The molecule has 13 rings (SSSR count). The van der Waals surface area contributed by atoms with E-state index in [0.717, 1.165) is 0 Å². The fourth-order valence-electron chi connectivity index (χ4n) is 14.6. The summed E-state index contributed by atoms with van der Waals surface area (Å²) in [5, 5.41) is 4.16. The van der Waals surface area contributed by atoms with Crippen molar-refractivity contribution in [1.29, 1.82) is 0 Å². The summed E-state index contributed by atoms with van der Waals surface area (Å²) in [7, 11) is 0. The predicted octanol–water partition coefficient (Wildman–Crippen LogP) is 16.6. The molecule has 5 heteroatoms. The van der Waals surface area contributed by atoms with Crippen molar-refractivity contribution in [3.05, 3.63) is 137 Å². The summed E-state index contributed by atoms with van der Waals surface area (Å²) < 4.78 is 4.07. The number of thiophene rings is 1. The van der Waals surface area contributed by atoms with E-state index in [-0.39, 0.29) is 44.7 Å². The Morgan fingerprint density at radius 2 is 1.17 bits per heavy atom. The Labute approximate surface area is 428 Å². The first-order valence-electron chi connectivity index (χ1n) is 27.1. The highest BCUT2D eigenvalue weighted by molar-refractivity contribution is 7.26. The molecule has 1 saturated carbocycles. The van der Waals surface area contributed by atoms with Gasteiger partial charge in [-0.15, -0.1) is 11.3 Å². The molecular formula is C66H74BN3S. The monoisotopic (exact) mass is 952 g/mol. The molecule has 0 bridgehead atoms. The molecule has 3 aliphatic heterocycles. The SMILES string of the molecule is CC(C)(C)c1cc2c3c(c1)-n1c4sc5ccccc5c4c4cc(C(C)(C)C)cc(c41)B3c1ccc(N3c4ccc(C(C)(C)C)cc4C4(C)CCCCC34C)cc1N2c1ccc2c(c1)C(C)(C)CCC2(C)C. The molecule has 0 N–H and O–H groups in total. The van der Waals surface area contributed by atoms with Gasteiger partial charge in [0.2, 0.25) is 0 Å². The van der Waals surface area contributed by atoms with Gasteiger partial charge >= 0.3 is 0 Å². The molecule has 2 aliphatic carbocycles. The number of aromatic nitrogens is 1. The van der Waals surface area contributed by atoms with Crippen molar-refractivity contribution in [3.8, 4) is 5.69 Å². The Morgan fingerprint density at radius 1 is 0.507 bits per heavy atom. The highest BCUT2D eigenvalue weighted by atomic mass is 32.1. The van der Waals surface area contributed by atoms with Crippen molar-refractivity contribution in [1.82, 2.24) is 4.57 Å². The summed E-state index contributed by atoms with van der Waals surface area (Å²) in [5.74, 6) is 0. The van der Waals surface area contributed by atoms with E-state index in [4.69, 9.17) is 0 Å². The van der Waals surface area contributed by atoms with Gasteiger partial charge in [0.1, 0.15) is 4.83 Å². The Bertz CT molecular complexity index is 3610.